The van der Waals surface area contributed by atoms with Gasteiger partial charge in [0.1, 0.15) is 0 Å². The van der Waals surface area contributed by atoms with Crippen molar-refractivity contribution >= 4 is 35.3 Å². The molecule has 0 aliphatic rings. The van der Waals surface area contributed by atoms with Crippen LogP contribution in [0.4, 0.5) is 0 Å². The largest absolute Gasteiger partial charge is 0.320 e. The molecule has 0 saturated heterocycles. The van der Waals surface area contributed by atoms with Crippen molar-refractivity contribution in [3.8, 4) is 0 Å². The minimum Gasteiger partial charge on any atom is -0.320 e. The number of benzene rings is 1. The van der Waals surface area contributed by atoms with Gasteiger partial charge in [-0.05, 0) is 35.6 Å². The van der Waals surface area contributed by atoms with Crippen LogP contribution in [-0.4, -0.2) is 0 Å². The Morgan fingerprint density at radius 1 is 1.25 bits per heavy atom. The van der Waals surface area contributed by atoms with Gasteiger partial charge in [0.05, 0.1) is 6.04 Å². The smallest absolute Gasteiger partial charge is 0.0663 e. The average molecular weight is 274 g/mol. The minimum absolute atomic E-state index is 0. The third-order valence-electron chi connectivity index (χ3n) is 2.43. The number of nitrogens with two attached hydrogens (primary N) is 1. The zero-order valence-electron chi connectivity index (χ0n) is 8.81. The second kappa shape index (κ2) is 5.69. The molecule has 0 radical (unpaired) electrons. The van der Waals surface area contributed by atoms with E-state index >= 15 is 0 Å². The monoisotopic (exact) mass is 273 g/mol. The van der Waals surface area contributed by atoms with Crippen LogP contribution in [0.2, 0.25) is 5.02 Å². The van der Waals surface area contributed by atoms with Crippen LogP contribution < -0.4 is 5.73 Å². The second-order valence-corrected chi connectivity index (χ2v) is 4.85. The molecular weight excluding hydrogens is 261 g/mol. The summed E-state index contributed by atoms with van der Waals surface area (Å²) in [5.74, 6) is 0. The highest BCUT2D eigenvalue weighted by Gasteiger charge is 2.15. The average Bonchev–Trinajstić information content (AvgIpc) is 2.69. The number of aryl methyl sites for hydroxylation is 1. The normalized spacial score (nSPS) is 11.9. The van der Waals surface area contributed by atoms with Crippen molar-refractivity contribution in [2.45, 2.75) is 13.0 Å². The predicted octanol–water partition coefficient (Wildman–Crippen LogP) is 4.18. The fourth-order valence-electron chi connectivity index (χ4n) is 1.65. The summed E-state index contributed by atoms with van der Waals surface area (Å²) in [6, 6.07) is 9.80. The lowest BCUT2D eigenvalue weighted by Gasteiger charge is -2.14. The summed E-state index contributed by atoms with van der Waals surface area (Å²) in [5.41, 5.74) is 8.36. The first kappa shape index (κ1) is 13.5. The standard InChI is InChI=1S/C12H12ClNS.ClH/c1-8-4-2-5-9(13)11(8)12(14)10-6-3-7-15-10;/h2-7,12H,14H2,1H3;1H/t12-;/m0./s1. The summed E-state index contributed by atoms with van der Waals surface area (Å²) in [6.45, 7) is 2.04. The zero-order chi connectivity index (χ0) is 10.8. The summed E-state index contributed by atoms with van der Waals surface area (Å²) >= 11 is 7.83. The van der Waals surface area contributed by atoms with Crippen LogP contribution in [-0.2, 0) is 0 Å². The van der Waals surface area contributed by atoms with Gasteiger partial charge in [0.25, 0.3) is 0 Å². The molecule has 0 unspecified atom stereocenters. The van der Waals surface area contributed by atoms with Gasteiger partial charge in [0.2, 0.25) is 0 Å². The number of hydrogen-bond donors (Lipinski definition) is 1. The Morgan fingerprint density at radius 3 is 2.56 bits per heavy atom. The van der Waals surface area contributed by atoms with Gasteiger partial charge in [-0.3, -0.25) is 0 Å². The second-order valence-electron chi connectivity index (χ2n) is 3.46. The first-order valence-corrected chi connectivity index (χ1v) is 6.00. The van der Waals surface area contributed by atoms with Crippen molar-refractivity contribution in [3.63, 3.8) is 0 Å². The summed E-state index contributed by atoms with van der Waals surface area (Å²) in [5, 5.41) is 2.78. The van der Waals surface area contributed by atoms with Crippen molar-refractivity contribution in [1.82, 2.24) is 0 Å². The molecular formula is C12H13Cl2NS. The number of thiophene rings is 1. The Balaban J connectivity index is 0.00000128. The summed E-state index contributed by atoms with van der Waals surface area (Å²) in [4.78, 5) is 1.14. The van der Waals surface area contributed by atoms with E-state index in [1.807, 2.05) is 42.6 Å². The molecule has 1 atom stereocenters. The minimum atomic E-state index is -0.112. The summed E-state index contributed by atoms with van der Waals surface area (Å²) < 4.78 is 0. The van der Waals surface area contributed by atoms with E-state index in [0.29, 0.717) is 0 Å². The molecule has 2 aromatic rings. The first-order valence-electron chi connectivity index (χ1n) is 4.74. The van der Waals surface area contributed by atoms with E-state index in [1.165, 1.54) is 0 Å². The van der Waals surface area contributed by atoms with Crippen molar-refractivity contribution in [2.24, 2.45) is 5.73 Å². The number of hydrogen-bond acceptors (Lipinski definition) is 2. The number of rotatable bonds is 2. The molecule has 0 aliphatic heterocycles. The van der Waals surface area contributed by atoms with Crippen molar-refractivity contribution in [3.05, 3.63) is 56.7 Å². The molecule has 0 aliphatic carbocycles. The maximum atomic E-state index is 6.19. The Hall–Kier alpha value is -0.540. The Labute approximate surface area is 111 Å². The molecule has 1 aromatic carbocycles. The summed E-state index contributed by atoms with van der Waals surface area (Å²) in [6.07, 6.45) is 0. The van der Waals surface area contributed by atoms with Crippen LogP contribution >= 0.6 is 35.3 Å². The van der Waals surface area contributed by atoms with Crippen LogP contribution in [0.5, 0.6) is 0 Å². The molecule has 0 fully saturated rings. The van der Waals surface area contributed by atoms with Gasteiger partial charge in [-0.2, -0.15) is 0 Å². The van der Waals surface area contributed by atoms with Crippen molar-refractivity contribution in [1.29, 1.82) is 0 Å². The Bertz CT molecular complexity index is 434. The third-order valence-corrected chi connectivity index (χ3v) is 3.72. The van der Waals surface area contributed by atoms with Crippen LogP contribution in [0, 0.1) is 6.92 Å². The van der Waals surface area contributed by atoms with Crippen molar-refractivity contribution in [2.75, 3.05) is 0 Å². The van der Waals surface area contributed by atoms with E-state index in [0.717, 1.165) is 21.0 Å². The highest BCUT2D eigenvalue weighted by molar-refractivity contribution is 7.10. The molecule has 1 aromatic heterocycles. The molecule has 2 rings (SSSR count). The van der Waals surface area contributed by atoms with E-state index in [2.05, 4.69) is 0 Å². The third kappa shape index (κ3) is 2.58. The SMILES string of the molecule is Cc1cccc(Cl)c1[C@@H](N)c1cccs1.Cl. The first-order chi connectivity index (χ1) is 7.20. The lowest BCUT2D eigenvalue weighted by molar-refractivity contribution is 0.883. The maximum absolute atomic E-state index is 6.19. The van der Waals surface area contributed by atoms with E-state index in [1.54, 1.807) is 11.3 Å². The van der Waals surface area contributed by atoms with E-state index in [-0.39, 0.29) is 18.4 Å². The van der Waals surface area contributed by atoms with E-state index in [4.69, 9.17) is 17.3 Å². The molecule has 16 heavy (non-hydrogen) atoms. The molecule has 0 spiro atoms. The lowest BCUT2D eigenvalue weighted by Crippen LogP contribution is -2.12. The Morgan fingerprint density at radius 2 is 2.00 bits per heavy atom. The van der Waals surface area contributed by atoms with E-state index in [9.17, 15) is 0 Å². The van der Waals surface area contributed by atoms with Gasteiger partial charge in [0, 0.05) is 9.90 Å². The van der Waals surface area contributed by atoms with Gasteiger partial charge in [-0.1, -0.05) is 29.8 Å². The fourth-order valence-corrected chi connectivity index (χ4v) is 2.72. The molecule has 2 N–H and O–H groups in total. The predicted molar refractivity (Wildman–Crippen MR) is 73.8 cm³/mol. The van der Waals surface area contributed by atoms with Gasteiger partial charge in [0.15, 0.2) is 0 Å². The zero-order valence-corrected chi connectivity index (χ0v) is 11.2. The molecule has 4 heteroatoms. The summed E-state index contributed by atoms with van der Waals surface area (Å²) in [7, 11) is 0. The molecule has 1 nitrogen and oxygen atoms in total. The van der Waals surface area contributed by atoms with Crippen molar-refractivity contribution < 1.29 is 0 Å². The van der Waals surface area contributed by atoms with Crippen LogP contribution in [0.25, 0.3) is 0 Å². The van der Waals surface area contributed by atoms with Gasteiger partial charge in [-0.25, -0.2) is 0 Å². The molecule has 0 saturated carbocycles. The highest BCUT2D eigenvalue weighted by Crippen LogP contribution is 2.31. The molecule has 0 amide bonds. The molecule has 1 heterocycles. The maximum Gasteiger partial charge on any atom is 0.0663 e. The van der Waals surface area contributed by atoms with Gasteiger partial charge < -0.3 is 5.73 Å². The molecule has 0 bridgehead atoms. The van der Waals surface area contributed by atoms with Gasteiger partial charge in [-0.15, -0.1) is 23.7 Å². The van der Waals surface area contributed by atoms with Crippen LogP contribution in [0.15, 0.2) is 35.7 Å². The molecule has 86 valence electrons. The number of halogens is 2. The highest BCUT2D eigenvalue weighted by atomic mass is 35.5. The topological polar surface area (TPSA) is 26.0 Å². The fraction of sp³-hybridized carbons (Fsp3) is 0.167. The van der Waals surface area contributed by atoms with Crippen LogP contribution in [0.1, 0.15) is 22.0 Å². The van der Waals surface area contributed by atoms with E-state index < -0.39 is 0 Å². The lowest BCUT2D eigenvalue weighted by atomic mass is 10.0. The van der Waals surface area contributed by atoms with Crippen LogP contribution in [0.3, 0.4) is 0 Å². The van der Waals surface area contributed by atoms with Gasteiger partial charge >= 0.3 is 0 Å². The quantitative estimate of drug-likeness (QED) is 0.873. The Kier molecular flexibility index (Phi) is 4.81.